The highest BCUT2D eigenvalue weighted by Gasteiger charge is 2.36. The van der Waals surface area contributed by atoms with Crippen molar-refractivity contribution in [2.24, 2.45) is 11.3 Å². The molecule has 2 nitrogen and oxygen atoms in total. The average molecular weight is 275 g/mol. The Bertz CT molecular complexity index is 468. The van der Waals surface area contributed by atoms with Crippen LogP contribution in [0.3, 0.4) is 0 Å². The van der Waals surface area contributed by atoms with E-state index in [1.165, 1.54) is 43.4 Å². The van der Waals surface area contributed by atoms with Crippen LogP contribution in [-0.4, -0.2) is 6.04 Å². The first kappa shape index (κ1) is 14.2. The van der Waals surface area contributed by atoms with Crippen molar-refractivity contribution in [3.05, 3.63) is 23.2 Å². The molecule has 1 aromatic heterocycles. The molecule has 0 saturated heterocycles. The number of nitrogens with one attached hydrogen (secondary N) is 1. The first-order valence-corrected chi connectivity index (χ1v) is 8.30. The molecule has 0 spiro atoms. The Morgan fingerprint density at radius 1 is 1.30 bits per heavy atom. The Hall–Kier alpha value is -0.760. The van der Waals surface area contributed by atoms with E-state index in [2.05, 4.69) is 39.1 Å². The van der Waals surface area contributed by atoms with Gasteiger partial charge in [-0.05, 0) is 50.5 Å². The molecular formula is C18H29NO. The summed E-state index contributed by atoms with van der Waals surface area (Å²) in [4.78, 5) is 0. The maximum absolute atomic E-state index is 5.94. The summed E-state index contributed by atoms with van der Waals surface area (Å²) in [6.45, 7) is 9.18. The van der Waals surface area contributed by atoms with Crippen LogP contribution in [0.1, 0.15) is 76.0 Å². The van der Waals surface area contributed by atoms with E-state index >= 15 is 0 Å². The van der Waals surface area contributed by atoms with Gasteiger partial charge in [-0.15, -0.1) is 0 Å². The van der Waals surface area contributed by atoms with E-state index < -0.39 is 0 Å². The van der Waals surface area contributed by atoms with Crippen molar-refractivity contribution in [1.82, 2.24) is 5.32 Å². The van der Waals surface area contributed by atoms with Crippen LogP contribution in [0.5, 0.6) is 0 Å². The molecule has 2 atom stereocenters. The van der Waals surface area contributed by atoms with Gasteiger partial charge in [-0.1, -0.05) is 26.7 Å². The molecule has 2 heteroatoms. The van der Waals surface area contributed by atoms with Crippen molar-refractivity contribution in [2.45, 2.75) is 78.3 Å². The summed E-state index contributed by atoms with van der Waals surface area (Å²) in [5.74, 6) is 3.15. The van der Waals surface area contributed by atoms with Crippen LogP contribution in [0.4, 0.5) is 0 Å². The molecule has 1 saturated carbocycles. The van der Waals surface area contributed by atoms with E-state index in [1.807, 2.05) is 0 Å². The normalized spacial score (nSPS) is 27.5. The van der Waals surface area contributed by atoms with Crippen LogP contribution in [0.15, 0.2) is 10.5 Å². The van der Waals surface area contributed by atoms with Crippen LogP contribution in [0.25, 0.3) is 0 Å². The zero-order chi connectivity index (χ0) is 14.3. The molecule has 0 bridgehead atoms. The minimum Gasteiger partial charge on any atom is -0.466 e. The second kappa shape index (κ2) is 5.22. The van der Waals surface area contributed by atoms with E-state index in [1.54, 1.807) is 0 Å². The molecule has 1 aromatic rings. The molecule has 112 valence electrons. The Morgan fingerprint density at radius 2 is 2.00 bits per heavy atom. The van der Waals surface area contributed by atoms with Crippen molar-refractivity contribution in [2.75, 3.05) is 0 Å². The predicted octanol–water partition coefficient (Wildman–Crippen LogP) is 4.77. The summed E-state index contributed by atoms with van der Waals surface area (Å²) in [5, 5.41) is 3.93. The van der Waals surface area contributed by atoms with Gasteiger partial charge < -0.3 is 9.73 Å². The minimum atomic E-state index is 0.338. The number of furan rings is 1. The van der Waals surface area contributed by atoms with E-state index in [0.29, 0.717) is 17.5 Å². The van der Waals surface area contributed by atoms with Crippen LogP contribution >= 0.6 is 0 Å². The van der Waals surface area contributed by atoms with Crippen LogP contribution in [0, 0.1) is 18.3 Å². The van der Waals surface area contributed by atoms with Gasteiger partial charge >= 0.3 is 0 Å². The molecule has 20 heavy (non-hydrogen) atoms. The van der Waals surface area contributed by atoms with Gasteiger partial charge in [0.1, 0.15) is 11.5 Å². The lowest BCUT2D eigenvalue weighted by Crippen LogP contribution is -2.40. The van der Waals surface area contributed by atoms with Gasteiger partial charge in [-0.3, -0.25) is 0 Å². The molecule has 0 amide bonds. The first-order chi connectivity index (χ1) is 9.44. The molecule has 2 unspecified atom stereocenters. The fourth-order valence-electron chi connectivity index (χ4n) is 4.24. The zero-order valence-corrected chi connectivity index (χ0v) is 13.5. The Kier molecular flexibility index (Phi) is 3.70. The third-order valence-electron chi connectivity index (χ3n) is 5.31. The minimum absolute atomic E-state index is 0.338. The smallest absolute Gasteiger partial charge is 0.109 e. The second-order valence-electron chi connectivity index (χ2n) is 7.83. The summed E-state index contributed by atoms with van der Waals surface area (Å²) in [7, 11) is 0. The molecule has 2 aliphatic rings. The van der Waals surface area contributed by atoms with Crippen molar-refractivity contribution >= 4 is 0 Å². The predicted molar refractivity (Wildman–Crippen MR) is 82.8 cm³/mol. The standard InChI is InChI=1S/C18H29NO/c1-12-9-15-16(10-18(3,4)11-17(15)20-12)19-13(2)14-7-5-6-8-14/h9,13-14,16,19H,5-8,10-11H2,1-4H3. The van der Waals surface area contributed by atoms with E-state index in [-0.39, 0.29) is 0 Å². The lowest BCUT2D eigenvalue weighted by atomic mass is 9.74. The number of hydrogen-bond acceptors (Lipinski definition) is 2. The van der Waals surface area contributed by atoms with Crippen LogP contribution < -0.4 is 5.32 Å². The highest BCUT2D eigenvalue weighted by atomic mass is 16.3. The SMILES string of the molecule is Cc1cc2c(o1)CC(C)(C)CC2NC(C)C1CCCC1. The molecule has 1 N–H and O–H groups in total. The number of hydrogen-bond donors (Lipinski definition) is 1. The summed E-state index contributed by atoms with van der Waals surface area (Å²) in [5.41, 5.74) is 1.76. The van der Waals surface area contributed by atoms with Gasteiger partial charge in [0.25, 0.3) is 0 Å². The quantitative estimate of drug-likeness (QED) is 0.859. The third kappa shape index (κ3) is 2.81. The summed E-state index contributed by atoms with van der Waals surface area (Å²) in [6.07, 6.45) is 7.94. The summed E-state index contributed by atoms with van der Waals surface area (Å²) < 4.78 is 5.94. The van der Waals surface area contributed by atoms with Crippen molar-refractivity contribution in [3.8, 4) is 0 Å². The van der Waals surface area contributed by atoms with Gasteiger partial charge in [-0.2, -0.15) is 0 Å². The Balaban J connectivity index is 1.77. The van der Waals surface area contributed by atoms with Gasteiger partial charge in [0.2, 0.25) is 0 Å². The molecule has 0 aliphatic heterocycles. The summed E-state index contributed by atoms with van der Waals surface area (Å²) >= 11 is 0. The van der Waals surface area contributed by atoms with Gasteiger partial charge in [0.15, 0.2) is 0 Å². The monoisotopic (exact) mass is 275 g/mol. The zero-order valence-electron chi connectivity index (χ0n) is 13.5. The van der Waals surface area contributed by atoms with Crippen molar-refractivity contribution in [3.63, 3.8) is 0 Å². The molecule has 1 fully saturated rings. The maximum atomic E-state index is 5.94. The highest BCUT2D eigenvalue weighted by Crippen LogP contribution is 2.42. The van der Waals surface area contributed by atoms with Gasteiger partial charge in [0, 0.05) is 24.1 Å². The van der Waals surface area contributed by atoms with Gasteiger partial charge in [-0.25, -0.2) is 0 Å². The topological polar surface area (TPSA) is 25.2 Å². The Morgan fingerprint density at radius 3 is 2.70 bits per heavy atom. The molecular weight excluding hydrogens is 246 g/mol. The molecule has 3 rings (SSSR count). The lowest BCUT2D eigenvalue weighted by molar-refractivity contribution is 0.213. The number of fused-ring (bicyclic) bond motifs is 1. The molecule has 2 aliphatic carbocycles. The van der Waals surface area contributed by atoms with E-state index in [4.69, 9.17) is 4.42 Å². The molecule has 0 radical (unpaired) electrons. The fraction of sp³-hybridized carbons (Fsp3) is 0.778. The van der Waals surface area contributed by atoms with Crippen LogP contribution in [0.2, 0.25) is 0 Å². The van der Waals surface area contributed by atoms with Gasteiger partial charge in [0.05, 0.1) is 0 Å². The second-order valence-corrected chi connectivity index (χ2v) is 7.83. The molecule has 0 aromatic carbocycles. The maximum Gasteiger partial charge on any atom is 0.109 e. The lowest BCUT2D eigenvalue weighted by Gasteiger charge is -2.37. The van der Waals surface area contributed by atoms with Crippen molar-refractivity contribution < 1.29 is 4.42 Å². The average Bonchev–Trinajstić information content (AvgIpc) is 2.95. The highest BCUT2D eigenvalue weighted by molar-refractivity contribution is 5.29. The van der Waals surface area contributed by atoms with E-state index in [0.717, 1.165) is 18.1 Å². The fourth-order valence-corrected chi connectivity index (χ4v) is 4.24. The van der Waals surface area contributed by atoms with Crippen LogP contribution in [-0.2, 0) is 6.42 Å². The first-order valence-electron chi connectivity index (χ1n) is 8.30. The number of aryl methyl sites for hydroxylation is 1. The Labute approximate surface area is 123 Å². The summed E-state index contributed by atoms with van der Waals surface area (Å²) in [6, 6.07) is 3.35. The molecule has 1 heterocycles. The third-order valence-corrected chi connectivity index (χ3v) is 5.31. The number of rotatable bonds is 3. The largest absolute Gasteiger partial charge is 0.466 e. The van der Waals surface area contributed by atoms with Crippen molar-refractivity contribution in [1.29, 1.82) is 0 Å². The van der Waals surface area contributed by atoms with E-state index in [9.17, 15) is 0 Å².